The lowest BCUT2D eigenvalue weighted by molar-refractivity contribution is -0.384. The number of aromatic nitrogens is 1. The van der Waals surface area contributed by atoms with Gasteiger partial charge in [-0.25, -0.2) is 4.98 Å². The number of nitrogens with one attached hydrogen (secondary N) is 1. The Morgan fingerprint density at radius 3 is 2.85 bits per heavy atom. The summed E-state index contributed by atoms with van der Waals surface area (Å²) in [7, 11) is 1.57. The van der Waals surface area contributed by atoms with Crippen LogP contribution < -0.4 is 5.32 Å². The molecule has 0 spiro atoms. The summed E-state index contributed by atoms with van der Waals surface area (Å²) in [5.41, 5.74) is 0.717. The quantitative estimate of drug-likeness (QED) is 0.467. The van der Waals surface area contributed by atoms with Gasteiger partial charge in [0.15, 0.2) is 0 Å². The average Bonchev–Trinajstić information content (AvgIpc) is 3.28. The van der Waals surface area contributed by atoms with Crippen LogP contribution in [0.2, 0.25) is 0 Å². The topological polar surface area (TPSA) is 98.3 Å². The minimum absolute atomic E-state index is 0.00277. The number of hydrogen-bond acceptors (Lipinski definition) is 6. The van der Waals surface area contributed by atoms with Crippen molar-refractivity contribution in [3.63, 3.8) is 0 Å². The van der Waals surface area contributed by atoms with Crippen LogP contribution >= 0.6 is 27.3 Å². The largest absolute Gasteiger partial charge is 0.457 e. The molecule has 0 bridgehead atoms. The Bertz CT molecular complexity index is 1010. The third kappa shape index (κ3) is 3.89. The fourth-order valence-electron chi connectivity index (χ4n) is 2.15. The van der Waals surface area contributed by atoms with Crippen LogP contribution in [-0.2, 0) is 0 Å². The van der Waals surface area contributed by atoms with E-state index in [1.54, 1.807) is 37.4 Å². The lowest BCUT2D eigenvalue weighted by Gasteiger charge is -2.00. The lowest BCUT2D eigenvalue weighted by Crippen LogP contribution is -2.16. The Hall–Kier alpha value is -2.78. The van der Waals surface area contributed by atoms with E-state index in [2.05, 4.69) is 26.2 Å². The van der Waals surface area contributed by atoms with E-state index in [1.165, 1.54) is 29.7 Å². The van der Waals surface area contributed by atoms with Crippen LogP contribution in [0.5, 0.6) is 0 Å². The number of nitrogens with zero attached hydrogens (tertiary/aromatic N) is 2. The van der Waals surface area contributed by atoms with E-state index in [4.69, 9.17) is 4.42 Å². The number of thiazole rings is 1. The molecule has 26 heavy (non-hydrogen) atoms. The van der Waals surface area contributed by atoms with Crippen LogP contribution in [0.1, 0.15) is 20.4 Å². The smallest absolute Gasteiger partial charge is 0.270 e. The zero-order valence-corrected chi connectivity index (χ0v) is 15.8. The van der Waals surface area contributed by atoms with Gasteiger partial charge in [-0.3, -0.25) is 14.9 Å². The van der Waals surface area contributed by atoms with Gasteiger partial charge in [0.05, 0.1) is 11.1 Å². The minimum Gasteiger partial charge on any atom is -0.457 e. The van der Waals surface area contributed by atoms with Crippen molar-refractivity contribution in [3.8, 4) is 11.3 Å². The summed E-state index contributed by atoms with van der Waals surface area (Å²) in [5.74, 6) is 1.00. The third-order valence-electron chi connectivity index (χ3n) is 3.42. The third-order valence-corrected chi connectivity index (χ3v) is 5.04. The second-order valence-corrected chi connectivity index (χ2v) is 7.02. The highest BCUT2D eigenvalue weighted by atomic mass is 79.9. The van der Waals surface area contributed by atoms with Gasteiger partial charge in [-0.2, -0.15) is 0 Å². The fourth-order valence-corrected chi connectivity index (χ4v) is 3.48. The van der Waals surface area contributed by atoms with Crippen LogP contribution in [0.4, 0.5) is 5.69 Å². The monoisotopic (exact) mass is 433 g/mol. The van der Waals surface area contributed by atoms with Gasteiger partial charge in [-0.05, 0) is 46.3 Å². The maximum absolute atomic E-state index is 11.5. The summed E-state index contributed by atoms with van der Waals surface area (Å²) in [4.78, 5) is 26.6. The molecule has 0 aliphatic rings. The van der Waals surface area contributed by atoms with Crippen molar-refractivity contribution in [2.45, 2.75) is 0 Å². The van der Waals surface area contributed by atoms with E-state index in [9.17, 15) is 14.9 Å². The number of carbonyl (C=O) groups excluding carboxylic acids is 1. The molecule has 2 aromatic heterocycles. The van der Waals surface area contributed by atoms with Gasteiger partial charge in [0.1, 0.15) is 21.4 Å². The predicted octanol–water partition coefficient (Wildman–Crippen LogP) is 4.60. The molecule has 3 rings (SSSR count). The summed E-state index contributed by atoms with van der Waals surface area (Å²) < 4.78 is 6.33. The summed E-state index contributed by atoms with van der Waals surface area (Å²) in [6.45, 7) is 0. The predicted molar refractivity (Wildman–Crippen MR) is 103 cm³/mol. The molecular weight excluding hydrogens is 422 g/mol. The van der Waals surface area contributed by atoms with E-state index < -0.39 is 4.92 Å². The van der Waals surface area contributed by atoms with E-state index in [1.807, 2.05) is 0 Å². The minimum atomic E-state index is -0.452. The van der Waals surface area contributed by atoms with Crippen molar-refractivity contribution in [2.24, 2.45) is 0 Å². The van der Waals surface area contributed by atoms with Gasteiger partial charge < -0.3 is 9.73 Å². The van der Waals surface area contributed by atoms with Crippen molar-refractivity contribution in [1.29, 1.82) is 0 Å². The van der Waals surface area contributed by atoms with Gasteiger partial charge in [0.25, 0.3) is 11.6 Å². The molecule has 0 atom stereocenters. The first-order chi connectivity index (χ1) is 12.5. The maximum atomic E-state index is 11.5. The summed E-state index contributed by atoms with van der Waals surface area (Å²) >= 11 is 4.60. The second kappa shape index (κ2) is 7.63. The molecule has 1 aromatic carbocycles. The van der Waals surface area contributed by atoms with Gasteiger partial charge in [-0.1, -0.05) is 0 Å². The van der Waals surface area contributed by atoms with Crippen LogP contribution in [0.15, 0.2) is 45.4 Å². The zero-order valence-electron chi connectivity index (χ0n) is 13.4. The SMILES string of the molecule is CNC(=O)c1cnc(/C=C/c2ccc(-c3ccc([N+](=O)[O-])cc3Br)o2)s1. The first kappa shape index (κ1) is 18.0. The molecule has 7 nitrogen and oxygen atoms in total. The number of rotatable bonds is 5. The fraction of sp³-hybridized carbons (Fsp3) is 0.0588. The number of carbonyl (C=O) groups is 1. The van der Waals surface area contributed by atoms with Crippen molar-refractivity contribution in [2.75, 3.05) is 7.05 Å². The Balaban J connectivity index is 1.79. The molecule has 0 radical (unpaired) electrons. The number of nitro benzene ring substituents is 1. The molecule has 132 valence electrons. The standard InChI is InChI=1S/C17H12BrN3O4S/c1-19-17(22)15-9-20-16(26-15)7-4-11-3-6-14(25-11)12-5-2-10(21(23)24)8-13(12)18/h2-9H,1H3,(H,19,22)/b7-4+. The van der Waals surface area contributed by atoms with Gasteiger partial charge in [-0.15, -0.1) is 11.3 Å². The second-order valence-electron chi connectivity index (χ2n) is 5.10. The molecule has 0 aliphatic heterocycles. The van der Waals surface area contributed by atoms with Gasteiger partial charge >= 0.3 is 0 Å². The molecule has 0 unspecified atom stereocenters. The Kier molecular flexibility index (Phi) is 5.29. The van der Waals surface area contributed by atoms with E-state index >= 15 is 0 Å². The molecule has 0 fully saturated rings. The molecule has 2 heterocycles. The molecule has 0 saturated carbocycles. The van der Waals surface area contributed by atoms with Crippen molar-refractivity contribution < 1.29 is 14.1 Å². The zero-order chi connectivity index (χ0) is 18.7. The Morgan fingerprint density at radius 1 is 1.35 bits per heavy atom. The van der Waals surface area contributed by atoms with Crippen molar-refractivity contribution in [1.82, 2.24) is 10.3 Å². The summed E-state index contributed by atoms with van der Waals surface area (Å²) in [6.07, 6.45) is 5.02. The Labute approximate surface area is 160 Å². The van der Waals surface area contributed by atoms with E-state index in [-0.39, 0.29) is 11.6 Å². The number of amides is 1. The van der Waals surface area contributed by atoms with Crippen LogP contribution in [-0.4, -0.2) is 22.9 Å². The molecule has 1 amide bonds. The molecule has 0 aliphatic carbocycles. The van der Waals surface area contributed by atoms with Crippen molar-refractivity contribution >= 4 is 51.0 Å². The van der Waals surface area contributed by atoms with Crippen molar-refractivity contribution in [3.05, 3.63) is 66.8 Å². The van der Waals surface area contributed by atoms with E-state index in [0.717, 1.165) is 0 Å². The average molecular weight is 434 g/mol. The number of halogens is 1. The summed E-state index contributed by atoms with van der Waals surface area (Å²) in [6, 6.07) is 8.05. The molecule has 3 aromatic rings. The first-order valence-electron chi connectivity index (χ1n) is 7.38. The number of furan rings is 1. The number of nitro groups is 1. The van der Waals surface area contributed by atoms with Crippen LogP contribution in [0.25, 0.3) is 23.5 Å². The number of hydrogen-bond donors (Lipinski definition) is 1. The number of non-ortho nitro benzene ring substituents is 1. The highest BCUT2D eigenvalue weighted by Gasteiger charge is 2.13. The lowest BCUT2D eigenvalue weighted by atomic mass is 10.1. The Morgan fingerprint density at radius 2 is 2.15 bits per heavy atom. The summed E-state index contributed by atoms with van der Waals surface area (Å²) in [5, 5.41) is 14.0. The molecular formula is C17H12BrN3O4S. The highest BCUT2D eigenvalue weighted by molar-refractivity contribution is 9.10. The van der Waals surface area contributed by atoms with Crippen LogP contribution in [0.3, 0.4) is 0 Å². The maximum Gasteiger partial charge on any atom is 0.270 e. The highest BCUT2D eigenvalue weighted by Crippen LogP contribution is 2.33. The normalized spacial score (nSPS) is 11.0. The van der Waals surface area contributed by atoms with Gasteiger partial charge in [0, 0.05) is 29.2 Å². The van der Waals surface area contributed by atoms with Crippen LogP contribution in [0, 0.1) is 10.1 Å². The molecule has 9 heteroatoms. The van der Waals surface area contributed by atoms with E-state index in [0.29, 0.717) is 31.4 Å². The molecule has 0 saturated heterocycles. The first-order valence-corrected chi connectivity index (χ1v) is 8.99. The van der Waals surface area contributed by atoms with Gasteiger partial charge in [0.2, 0.25) is 0 Å². The molecule has 1 N–H and O–H groups in total. The number of benzene rings is 1.